The lowest BCUT2D eigenvalue weighted by Crippen LogP contribution is -2.29. The van der Waals surface area contributed by atoms with E-state index in [0.29, 0.717) is 0 Å². The number of terminal acetylenes is 1. The van der Waals surface area contributed by atoms with E-state index in [-0.39, 0.29) is 6.04 Å². The largest absolute Gasteiger partial charge is 0.304 e. The summed E-state index contributed by atoms with van der Waals surface area (Å²) in [6.07, 6.45) is 7.70. The second-order valence-corrected chi connectivity index (χ2v) is 2.98. The first-order valence-electron chi connectivity index (χ1n) is 4.44. The van der Waals surface area contributed by atoms with Gasteiger partial charge in [0.05, 0.1) is 6.04 Å². The van der Waals surface area contributed by atoms with Crippen LogP contribution in [0.4, 0.5) is 0 Å². The Kier molecular flexibility index (Phi) is 5.97. The van der Waals surface area contributed by atoms with Gasteiger partial charge < -0.3 is 5.32 Å². The van der Waals surface area contributed by atoms with Crippen LogP contribution in [0.5, 0.6) is 0 Å². The summed E-state index contributed by atoms with van der Waals surface area (Å²) < 4.78 is 0. The van der Waals surface area contributed by atoms with Gasteiger partial charge in [0, 0.05) is 0 Å². The summed E-state index contributed by atoms with van der Waals surface area (Å²) in [7, 11) is 0. The summed E-state index contributed by atoms with van der Waals surface area (Å²) in [6, 6.07) is 0.218. The highest BCUT2D eigenvalue weighted by Gasteiger charge is 2.03. The molecule has 0 amide bonds. The quantitative estimate of drug-likeness (QED) is 0.596. The molecule has 0 aliphatic heterocycles. The van der Waals surface area contributed by atoms with Gasteiger partial charge in [-0.05, 0) is 19.4 Å². The predicted octanol–water partition coefficient (Wildman–Crippen LogP) is 2.03. The molecule has 0 aromatic carbocycles. The first-order valence-corrected chi connectivity index (χ1v) is 4.44. The second kappa shape index (κ2) is 6.24. The molecule has 64 valence electrons. The number of nitrogens with one attached hydrogen (secondary N) is 1. The van der Waals surface area contributed by atoms with Gasteiger partial charge in [0.15, 0.2) is 0 Å². The molecular weight excluding hydrogens is 134 g/mol. The summed E-state index contributed by atoms with van der Waals surface area (Å²) in [5.74, 6) is 3.44. The Bertz CT molecular complexity index is 119. The van der Waals surface area contributed by atoms with E-state index in [9.17, 15) is 0 Å². The van der Waals surface area contributed by atoms with Crippen LogP contribution in [0.15, 0.2) is 0 Å². The Morgan fingerprint density at radius 1 is 1.36 bits per heavy atom. The van der Waals surface area contributed by atoms with Crippen molar-refractivity contribution in [2.45, 2.75) is 39.7 Å². The minimum absolute atomic E-state index is 0.218. The third kappa shape index (κ3) is 4.86. The van der Waals surface area contributed by atoms with E-state index in [1.165, 1.54) is 12.8 Å². The molecule has 1 nitrogen and oxygen atoms in total. The smallest absolute Gasteiger partial charge is 0.0658 e. The first-order chi connectivity index (χ1) is 5.24. The maximum Gasteiger partial charge on any atom is 0.0658 e. The van der Waals surface area contributed by atoms with Crippen LogP contribution in [0, 0.1) is 18.3 Å². The van der Waals surface area contributed by atoms with Gasteiger partial charge in [0.2, 0.25) is 0 Å². The highest BCUT2D eigenvalue weighted by molar-refractivity contribution is 4.95. The molecule has 0 radical (unpaired) electrons. The second-order valence-electron chi connectivity index (χ2n) is 2.98. The fourth-order valence-electron chi connectivity index (χ4n) is 0.980. The van der Waals surface area contributed by atoms with E-state index in [1.807, 2.05) is 6.92 Å². The number of hydrogen-bond acceptors (Lipinski definition) is 1. The maximum absolute atomic E-state index is 5.23. The van der Waals surface area contributed by atoms with E-state index < -0.39 is 0 Å². The van der Waals surface area contributed by atoms with Gasteiger partial charge in [0.25, 0.3) is 0 Å². The molecule has 1 heteroatoms. The molecule has 0 aliphatic carbocycles. The Labute approximate surface area is 70.6 Å². The highest BCUT2D eigenvalue weighted by atomic mass is 14.9. The van der Waals surface area contributed by atoms with Gasteiger partial charge in [-0.3, -0.25) is 0 Å². The van der Waals surface area contributed by atoms with E-state index in [2.05, 4.69) is 25.1 Å². The highest BCUT2D eigenvalue weighted by Crippen LogP contribution is 2.05. The van der Waals surface area contributed by atoms with Crippen LogP contribution in [0.1, 0.15) is 33.6 Å². The van der Waals surface area contributed by atoms with Gasteiger partial charge >= 0.3 is 0 Å². The van der Waals surface area contributed by atoms with E-state index in [4.69, 9.17) is 6.42 Å². The summed E-state index contributed by atoms with van der Waals surface area (Å²) in [4.78, 5) is 0. The fraction of sp³-hybridized carbons (Fsp3) is 0.800. The van der Waals surface area contributed by atoms with Crippen LogP contribution in [-0.4, -0.2) is 12.6 Å². The molecule has 0 aliphatic rings. The summed E-state index contributed by atoms with van der Waals surface area (Å²) in [5.41, 5.74) is 0. The Balaban J connectivity index is 3.44. The van der Waals surface area contributed by atoms with E-state index in [1.54, 1.807) is 0 Å². The molecule has 1 atom stereocenters. The zero-order valence-electron chi connectivity index (χ0n) is 7.85. The minimum atomic E-state index is 0.218. The summed E-state index contributed by atoms with van der Waals surface area (Å²) in [6.45, 7) is 7.51. The molecule has 1 unspecified atom stereocenters. The van der Waals surface area contributed by atoms with Crippen molar-refractivity contribution in [3.8, 4) is 12.3 Å². The minimum Gasteiger partial charge on any atom is -0.304 e. The fourth-order valence-corrected chi connectivity index (χ4v) is 0.980. The number of hydrogen-bond donors (Lipinski definition) is 1. The van der Waals surface area contributed by atoms with E-state index in [0.717, 1.165) is 12.5 Å². The molecule has 0 saturated carbocycles. The predicted molar refractivity (Wildman–Crippen MR) is 50.4 cm³/mol. The number of rotatable bonds is 5. The zero-order chi connectivity index (χ0) is 8.69. The van der Waals surface area contributed by atoms with Crippen molar-refractivity contribution >= 4 is 0 Å². The van der Waals surface area contributed by atoms with Crippen molar-refractivity contribution in [1.29, 1.82) is 0 Å². The lowest BCUT2D eigenvalue weighted by Gasteiger charge is -2.14. The molecule has 0 bridgehead atoms. The average Bonchev–Trinajstić information content (AvgIpc) is 2.06. The first kappa shape index (κ1) is 10.5. The molecule has 0 rings (SSSR count). The molecule has 0 fully saturated rings. The standard InChI is InChI=1S/C10H19N/c1-5-9(4)11-8-10(6-2)7-3/h1,9-11H,6-8H2,2-4H3. The molecule has 0 aromatic heterocycles. The van der Waals surface area contributed by atoms with Crippen molar-refractivity contribution in [2.24, 2.45) is 5.92 Å². The molecule has 0 heterocycles. The maximum atomic E-state index is 5.23. The van der Waals surface area contributed by atoms with Crippen LogP contribution in [0.2, 0.25) is 0 Å². The lowest BCUT2D eigenvalue weighted by molar-refractivity contribution is 0.441. The molecule has 0 spiro atoms. The third-order valence-electron chi connectivity index (χ3n) is 2.12. The summed E-state index contributed by atoms with van der Waals surface area (Å²) >= 11 is 0. The van der Waals surface area contributed by atoms with Crippen LogP contribution in [0.3, 0.4) is 0 Å². The molecular formula is C10H19N. The van der Waals surface area contributed by atoms with Gasteiger partial charge in [-0.1, -0.05) is 32.6 Å². The Hall–Kier alpha value is -0.480. The molecule has 0 aromatic rings. The van der Waals surface area contributed by atoms with Crippen molar-refractivity contribution in [1.82, 2.24) is 5.32 Å². The van der Waals surface area contributed by atoms with Crippen molar-refractivity contribution in [3.05, 3.63) is 0 Å². The molecule has 11 heavy (non-hydrogen) atoms. The normalized spacial score (nSPS) is 13.0. The Morgan fingerprint density at radius 2 is 1.91 bits per heavy atom. The molecule has 1 N–H and O–H groups in total. The van der Waals surface area contributed by atoms with Gasteiger partial charge in [0.1, 0.15) is 0 Å². The van der Waals surface area contributed by atoms with Gasteiger partial charge in [-0.2, -0.15) is 0 Å². The van der Waals surface area contributed by atoms with Crippen LogP contribution >= 0.6 is 0 Å². The van der Waals surface area contributed by atoms with Crippen LogP contribution in [0.25, 0.3) is 0 Å². The van der Waals surface area contributed by atoms with Crippen molar-refractivity contribution in [3.63, 3.8) is 0 Å². The Morgan fingerprint density at radius 3 is 2.27 bits per heavy atom. The average molecular weight is 153 g/mol. The van der Waals surface area contributed by atoms with Crippen LogP contribution < -0.4 is 5.32 Å². The lowest BCUT2D eigenvalue weighted by atomic mass is 10.0. The van der Waals surface area contributed by atoms with Crippen molar-refractivity contribution in [2.75, 3.05) is 6.54 Å². The van der Waals surface area contributed by atoms with Crippen molar-refractivity contribution < 1.29 is 0 Å². The zero-order valence-corrected chi connectivity index (χ0v) is 7.85. The van der Waals surface area contributed by atoms with Gasteiger partial charge in [-0.15, -0.1) is 6.42 Å². The van der Waals surface area contributed by atoms with Gasteiger partial charge in [-0.25, -0.2) is 0 Å². The monoisotopic (exact) mass is 153 g/mol. The molecule has 0 saturated heterocycles. The summed E-state index contributed by atoms with van der Waals surface area (Å²) in [5, 5.41) is 3.30. The van der Waals surface area contributed by atoms with E-state index >= 15 is 0 Å². The van der Waals surface area contributed by atoms with Crippen LogP contribution in [-0.2, 0) is 0 Å². The third-order valence-corrected chi connectivity index (χ3v) is 2.12. The SMILES string of the molecule is C#CC(C)NCC(CC)CC. The topological polar surface area (TPSA) is 12.0 Å².